The highest BCUT2D eigenvalue weighted by Crippen LogP contribution is 2.11. The van der Waals surface area contributed by atoms with Gasteiger partial charge in [-0.2, -0.15) is 0 Å². The van der Waals surface area contributed by atoms with Crippen LogP contribution in [0.4, 0.5) is 0 Å². The molecule has 10 heavy (non-hydrogen) atoms. The Morgan fingerprint density at radius 1 is 1.30 bits per heavy atom. The lowest BCUT2D eigenvalue weighted by molar-refractivity contribution is 1.14. The predicted molar refractivity (Wildman–Crippen MR) is 46.8 cm³/mol. The Bertz CT molecular complexity index is 188. The van der Waals surface area contributed by atoms with Crippen molar-refractivity contribution in [2.45, 2.75) is 13.3 Å². The first-order chi connectivity index (χ1) is 4.83. The first kappa shape index (κ1) is 7.80. The summed E-state index contributed by atoms with van der Waals surface area (Å²) in [6, 6.07) is 8.29. The Kier molecular flexibility index (Phi) is 2.94. The van der Waals surface area contributed by atoms with Gasteiger partial charge >= 0.3 is 0 Å². The van der Waals surface area contributed by atoms with Gasteiger partial charge in [-0.25, -0.2) is 0 Å². The van der Waals surface area contributed by atoms with Crippen LogP contribution in [-0.4, -0.2) is 0 Å². The van der Waals surface area contributed by atoms with Gasteiger partial charge in [-0.05, 0) is 30.5 Å². The number of halogens is 1. The van der Waals surface area contributed by atoms with Crippen LogP contribution in [0, 0.1) is 6.42 Å². The average molecular weight is 197 g/mol. The summed E-state index contributed by atoms with van der Waals surface area (Å²) in [5.41, 5.74) is 1.31. The summed E-state index contributed by atoms with van der Waals surface area (Å²) in [5.74, 6) is 0. The molecule has 0 aliphatic carbocycles. The fourth-order valence-corrected chi connectivity index (χ4v) is 1.07. The van der Waals surface area contributed by atoms with E-state index in [1.54, 1.807) is 0 Å². The van der Waals surface area contributed by atoms with Crippen LogP contribution in [0.1, 0.15) is 12.5 Å². The van der Waals surface area contributed by atoms with Gasteiger partial charge in [0.05, 0.1) is 0 Å². The van der Waals surface area contributed by atoms with Crippen LogP contribution in [0.2, 0.25) is 0 Å². The third kappa shape index (κ3) is 2.14. The van der Waals surface area contributed by atoms with E-state index < -0.39 is 0 Å². The molecule has 1 aromatic rings. The summed E-state index contributed by atoms with van der Waals surface area (Å²) in [6.45, 7) is 1.95. The van der Waals surface area contributed by atoms with Crippen LogP contribution in [-0.2, 0) is 6.42 Å². The molecule has 0 nitrogen and oxygen atoms in total. The van der Waals surface area contributed by atoms with Gasteiger partial charge in [0.15, 0.2) is 0 Å². The summed E-state index contributed by atoms with van der Waals surface area (Å²) in [5, 5.41) is 0. The summed E-state index contributed by atoms with van der Waals surface area (Å²) >= 11 is 3.38. The molecule has 1 heteroatoms. The Balaban J connectivity index is 2.69. The van der Waals surface area contributed by atoms with E-state index in [1.165, 1.54) is 5.56 Å². The molecule has 0 fully saturated rings. The van der Waals surface area contributed by atoms with E-state index in [-0.39, 0.29) is 0 Å². The zero-order valence-electron chi connectivity index (χ0n) is 5.89. The van der Waals surface area contributed by atoms with Gasteiger partial charge in [0, 0.05) is 4.47 Å². The molecule has 52 valence electrons. The first-order valence-corrected chi connectivity index (χ1v) is 4.01. The molecule has 1 rings (SSSR count). The molecule has 0 atom stereocenters. The fourth-order valence-electron chi connectivity index (χ4n) is 0.806. The molecule has 0 heterocycles. The Morgan fingerprint density at radius 3 is 2.40 bits per heavy atom. The van der Waals surface area contributed by atoms with Crippen molar-refractivity contribution in [2.75, 3.05) is 0 Å². The van der Waals surface area contributed by atoms with Gasteiger partial charge in [0.25, 0.3) is 0 Å². The van der Waals surface area contributed by atoms with Gasteiger partial charge in [-0.15, -0.1) is 0 Å². The minimum atomic E-state index is 0.938. The lowest BCUT2D eigenvalue weighted by Gasteiger charge is -1.95. The Hall–Kier alpha value is -0.300. The van der Waals surface area contributed by atoms with Crippen molar-refractivity contribution in [2.24, 2.45) is 0 Å². The SMILES string of the molecule is C[C]Cc1ccc(Br)cc1. The maximum Gasteiger partial charge on any atom is 0.0175 e. The minimum absolute atomic E-state index is 0.938. The highest BCUT2D eigenvalue weighted by Gasteiger charge is 1.89. The summed E-state index contributed by atoms with van der Waals surface area (Å²) in [6.07, 6.45) is 4.03. The zero-order valence-corrected chi connectivity index (χ0v) is 7.48. The topological polar surface area (TPSA) is 0 Å². The molecule has 1 aromatic carbocycles. The van der Waals surface area contributed by atoms with Gasteiger partial charge in [0.2, 0.25) is 0 Å². The second-order valence-electron chi connectivity index (χ2n) is 2.16. The van der Waals surface area contributed by atoms with E-state index in [1.807, 2.05) is 19.1 Å². The second kappa shape index (κ2) is 3.77. The van der Waals surface area contributed by atoms with Crippen LogP contribution < -0.4 is 0 Å². The van der Waals surface area contributed by atoms with Crippen molar-refractivity contribution in [3.63, 3.8) is 0 Å². The summed E-state index contributed by atoms with van der Waals surface area (Å²) < 4.78 is 1.13. The molecule has 0 unspecified atom stereocenters. The van der Waals surface area contributed by atoms with Gasteiger partial charge < -0.3 is 0 Å². The number of hydrogen-bond acceptors (Lipinski definition) is 0. The van der Waals surface area contributed by atoms with Crippen molar-refractivity contribution in [3.8, 4) is 0 Å². The molecule has 0 saturated carbocycles. The molecule has 0 spiro atoms. The van der Waals surface area contributed by atoms with Crippen molar-refractivity contribution in [3.05, 3.63) is 40.7 Å². The molecule has 0 amide bonds. The summed E-state index contributed by atoms with van der Waals surface area (Å²) in [4.78, 5) is 0. The monoisotopic (exact) mass is 196 g/mol. The van der Waals surface area contributed by atoms with E-state index in [0.29, 0.717) is 0 Å². The van der Waals surface area contributed by atoms with Crippen LogP contribution in [0.25, 0.3) is 0 Å². The smallest absolute Gasteiger partial charge is 0.0175 e. The Labute approximate surface area is 70.4 Å². The highest BCUT2D eigenvalue weighted by atomic mass is 79.9. The maximum absolute atomic E-state index is 3.38. The molecule has 2 radical (unpaired) electrons. The van der Waals surface area contributed by atoms with Gasteiger partial charge in [0.1, 0.15) is 0 Å². The lowest BCUT2D eigenvalue weighted by Crippen LogP contribution is -1.80. The molecule has 0 bridgehead atoms. The second-order valence-corrected chi connectivity index (χ2v) is 3.07. The third-order valence-electron chi connectivity index (χ3n) is 1.29. The number of benzene rings is 1. The van der Waals surface area contributed by atoms with E-state index >= 15 is 0 Å². The lowest BCUT2D eigenvalue weighted by atomic mass is 10.1. The predicted octanol–water partition coefficient (Wildman–Crippen LogP) is 3.09. The summed E-state index contributed by atoms with van der Waals surface area (Å²) in [7, 11) is 0. The highest BCUT2D eigenvalue weighted by molar-refractivity contribution is 9.10. The van der Waals surface area contributed by atoms with Gasteiger partial charge in [-0.3, -0.25) is 0 Å². The van der Waals surface area contributed by atoms with Crippen molar-refractivity contribution >= 4 is 15.9 Å². The van der Waals surface area contributed by atoms with Crippen molar-refractivity contribution in [1.29, 1.82) is 0 Å². The Morgan fingerprint density at radius 2 is 1.90 bits per heavy atom. The molecule has 0 aliphatic rings. The maximum atomic E-state index is 3.38. The molecule has 0 aliphatic heterocycles. The molecular formula is C9H9Br. The van der Waals surface area contributed by atoms with Crippen LogP contribution in [0.3, 0.4) is 0 Å². The molecule has 0 aromatic heterocycles. The molecule has 0 N–H and O–H groups in total. The first-order valence-electron chi connectivity index (χ1n) is 3.22. The largest absolute Gasteiger partial charge is 0.0582 e. The van der Waals surface area contributed by atoms with E-state index in [2.05, 4.69) is 34.5 Å². The van der Waals surface area contributed by atoms with Gasteiger partial charge in [-0.1, -0.05) is 35.0 Å². The van der Waals surface area contributed by atoms with Crippen LogP contribution in [0.15, 0.2) is 28.7 Å². The minimum Gasteiger partial charge on any atom is -0.0582 e. The van der Waals surface area contributed by atoms with Crippen molar-refractivity contribution < 1.29 is 0 Å². The normalized spacial score (nSPS) is 9.80. The molecular weight excluding hydrogens is 188 g/mol. The quantitative estimate of drug-likeness (QED) is 0.683. The van der Waals surface area contributed by atoms with E-state index in [0.717, 1.165) is 10.9 Å². The van der Waals surface area contributed by atoms with E-state index in [9.17, 15) is 0 Å². The zero-order chi connectivity index (χ0) is 7.40. The number of hydrogen-bond donors (Lipinski definition) is 0. The van der Waals surface area contributed by atoms with Crippen LogP contribution in [0.5, 0.6) is 0 Å². The molecule has 0 saturated heterocycles. The standard InChI is InChI=1S/C9H9Br/c1-2-3-8-4-6-9(10)7-5-8/h4-7H,3H2,1H3. The number of rotatable bonds is 2. The third-order valence-corrected chi connectivity index (χ3v) is 1.82. The van der Waals surface area contributed by atoms with Crippen molar-refractivity contribution in [1.82, 2.24) is 0 Å². The van der Waals surface area contributed by atoms with Crippen LogP contribution >= 0.6 is 15.9 Å². The fraction of sp³-hybridized carbons (Fsp3) is 0.222. The average Bonchev–Trinajstić information content (AvgIpc) is 1.95. The van der Waals surface area contributed by atoms with E-state index in [4.69, 9.17) is 0 Å².